The van der Waals surface area contributed by atoms with Gasteiger partial charge in [-0.1, -0.05) is 36.3 Å². The van der Waals surface area contributed by atoms with E-state index in [0.29, 0.717) is 0 Å². The van der Waals surface area contributed by atoms with Crippen LogP contribution >= 0.6 is 0 Å². The molecule has 2 aromatic carbocycles. The van der Waals surface area contributed by atoms with Crippen LogP contribution in [0, 0.1) is 12.3 Å². The molecule has 0 fully saturated rings. The smallest absolute Gasteiger partial charge is 0.127 e. The van der Waals surface area contributed by atoms with Crippen molar-refractivity contribution in [1.29, 1.82) is 0 Å². The van der Waals surface area contributed by atoms with Gasteiger partial charge in [0.15, 0.2) is 0 Å². The number of terminal acetylenes is 1. The zero-order chi connectivity index (χ0) is 11.4. The van der Waals surface area contributed by atoms with Crippen molar-refractivity contribution in [2.45, 2.75) is 0 Å². The van der Waals surface area contributed by atoms with Gasteiger partial charge in [-0.25, -0.2) is 0 Å². The van der Waals surface area contributed by atoms with Gasteiger partial charge in [-0.05, 0) is 23.8 Å². The number of hydrogen-bond acceptors (Lipinski definition) is 1. The Morgan fingerprint density at radius 1 is 1.06 bits per heavy atom. The lowest BCUT2D eigenvalue weighted by molar-refractivity contribution is 0.416. The molecule has 0 spiro atoms. The summed E-state index contributed by atoms with van der Waals surface area (Å²) in [7, 11) is 1.65. The highest BCUT2D eigenvalue weighted by atomic mass is 16.5. The second-order valence-corrected chi connectivity index (χ2v) is 3.43. The lowest BCUT2D eigenvalue weighted by Crippen LogP contribution is -1.88. The monoisotopic (exact) mass is 208 g/mol. The first-order valence-electron chi connectivity index (χ1n) is 5.05. The Morgan fingerprint density at radius 3 is 2.44 bits per heavy atom. The van der Waals surface area contributed by atoms with Gasteiger partial charge in [0.2, 0.25) is 0 Å². The maximum Gasteiger partial charge on any atom is 0.127 e. The summed E-state index contributed by atoms with van der Waals surface area (Å²) in [5.74, 6) is 3.41. The van der Waals surface area contributed by atoms with Crippen LogP contribution in [0.3, 0.4) is 0 Å². The van der Waals surface area contributed by atoms with Crippen LogP contribution in [0.5, 0.6) is 5.75 Å². The summed E-state index contributed by atoms with van der Waals surface area (Å²) in [6, 6.07) is 15.9. The van der Waals surface area contributed by atoms with Crippen molar-refractivity contribution in [2.75, 3.05) is 7.11 Å². The van der Waals surface area contributed by atoms with Gasteiger partial charge in [0.25, 0.3) is 0 Å². The van der Waals surface area contributed by atoms with Crippen LogP contribution in [0.2, 0.25) is 0 Å². The molecule has 0 saturated carbocycles. The van der Waals surface area contributed by atoms with Crippen LogP contribution in [0.1, 0.15) is 5.56 Å². The van der Waals surface area contributed by atoms with Crippen LogP contribution in [0.4, 0.5) is 0 Å². The summed E-state index contributed by atoms with van der Waals surface area (Å²) in [4.78, 5) is 0. The average molecular weight is 208 g/mol. The minimum Gasteiger partial charge on any atom is -0.496 e. The van der Waals surface area contributed by atoms with Crippen molar-refractivity contribution >= 4 is 0 Å². The van der Waals surface area contributed by atoms with Crippen LogP contribution < -0.4 is 4.74 Å². The average Bonchev–Trinajstić information content (AvgIpc) is 2.39. The van der Waals surface area contributed by atoms with E-state index in [1.807, 2.05) is 48.5 Å². The molecule has 2 aromatic rings. The molecule has 2 rings (SSSR count). The number of ether oxygens (including phenoxy) is 1. The van der Waals surface area contributed by atoms with Crippen LogP contribution in [0.25, 0.3) is 11.1 Å². The van der Waals surface area contributed by atoms with Gasteiger partial charge in [-0.15, -0.1) is 6.42 Å². The predicted octanol–water partition coefficient (Wildman–Crippen LogP) is 3.34. The van der Waals surface area contributed by atoms with Gasteiger partial charge in [0.05, 0.1) is 7.11 Å². The third kappa shape index (κ3) is 1.92. The molecule has 0 aliphatic rings. The largest absolute Gasteiger partial charge is 0.496 e. The van der Waals surface area contributed by atoms with E-state index >= 15 is 0 Å². The lowest BCUT2D eigenvalue weighted by atomic mass is 10.0. The van der Waals surface area contributed by atoms with Gasteiger partial charge in [-0.2, -0.15) is 0 Å². The standard InChI is InChI=1S/C15H12O/c1-3-12-9-10-14(15(11-12)16-2)13-7-5-4-6-8-13/h1,4-11H,2H3. The number of hydrogen-bond donors (Lipinski definition) is 0. The molecule has 0 aliphatic heterocycles. The van der Waals surface area contributed by atoms with E-state index in [0.717, 1.165) is 22.4 Å². The van der Waals surface area contributed by atoms with Gasteiger partial charge < -0.3 is 4.74 Å². The number of methoxy groups -OCH3 is 1. The van der Waals surface area contributed by atoms with Crippen molar-refractivity contribution in [2.24, 2.45) is 0 Å². The third-order valence-corrected chi connectivity index (χ3v) is 2.45. The highest BCUT2D eigenvalue weighted by Gasteiger charge is 2.05. The summed E-state index contributed by atoms with van der Waals surface area (Å²) in [5, 5.41) is 0. The Morgan fingerprint density at radius 2 is 1.81 bits per heavy atom. The summed E-state index contributed by atoms with van der Waals surface area (Å²) in [6.07, 6.45) is 5.36. The Balaban J connectivity index is 2.54. The zero-order valence-corrected chi connectivity index (χ0v) is 9.10. The Kier molecular flexibility index (Phi) is 2.93. The molecule has 1 nitrogen and oxygen atoms in total. The minimum absolute atomic E-state index is 0.807. The lowest BCUT2D eigenvalue weighted by Gasteiger charge is -2.08. The van der Waals surface area contributed by atoms with Gasteiger partial charge in [-0.3, -0.25) is 0 Å². The molecule has 0 atom stereocenters. The molecule has 78 valence electrons. The number of rotatable bonds is 2. The molecule has 16 heavy (non-hydrogen) atoms. The first kappa shape index (κ1) is 10.3. The van der Waals surface area contributed by atoms with E-state index < -0.39 is 0 Å². The van der Waals surface area contributed by atoms with Crippen molar-refractivity contribution < 1.29 is 4.74 Å². The molecule has 0 saturated heterocycles. The van der Waals surface area contributed by atoms with Gasteiger partial charge in [0, 0.05) is 11.1 Å². The van der Waals surface area contributed by atoms with E-state index in [9.17, 15) is 0 Å². The highest BCUT2D eigenvalue weighted by molar-refractivity contribution is 5.71. The normalized spacial score (nSPS) is 9.50. The fourth-order valence-corrected chi connectivity index (χ4v) is 1.64. The van der Waals surface area contributed by atoms with E-state index in [1.54, 1.807) is 7.11 Å². The molecule has 0 aromatic heterocycles. The number of benzene rings is 2. The SMILES string of the molecule is C#Cc1ccc(-c2ccccc2)c(OC)c1. The summed E-state index contributed by atoms with van der Waals surface area (Å²) < 4.78 is 5.35. The molecule has 0 N–H and O–H groups in total. The second kappa shape index (κ2) is 4.55. The molecule has 1 heteroatoms. The predicted molar refractivity (Wildman–Crippen MR) is 66.4 cm³/mol. The summed E-state index contributed by atoms with van der Waals surface area (Å²) in [5.41, 5.74) is 3.02. The van der Waals surface area contributed by atoms with E-state index in [1.165, 1.54) is 0 Å². The van der Waals surface area contributed by atoms with Crippen LogP contribution in [-0.4, -0.2) is 7.11 Å². The van der Waals surface area contributed by atoms with E-state index in [4.69, 9.17) is 11.2 Å². The third-order valence-electron chi connectivity index (χ3n) is 2.45. The molecule has 0 amide bonds. The molecular weight excluding hydrogens is 196 g/mol. The second-order valence-electron chi connectivity index (χ2n) is 3.43. The van der Waals surface area contributed by atoms with Crippen LogP contribution in [-0.2, 0) is 0 Å². The van der Waals surface area contributed by atoms with Crippen molar-refractivity contribution in [1.82, 2.24) is 0 Å². The van der Waals surface area contributed by atoms with Crippen LogP contribution in [0.15, 0.2) is 48.5 Å². The molecular formula is C15H12O. The first-order valence-corrected chi connectivity index (χ1v) is 5.05. The highest BCUT2D eigenvalue weighted by Crippen LogP contribution is 2.30. The molecule has 0 aliphatic carbocycles. The quantitative estimate of drug-likeness (QED) is 0.688. The van der Waals surface area contributed by atoms with E-state index in [-0.39, 0.29) is 0 Å². The Hall–Kier alpha value is -2.20. The summed E-state index contributed by atoms with van der Waals surface area (Å²) >= 11 is 0. The van der Waals surface area contributed by atoms with Crippen molar-refractivity contribution in [3.8, 4) is 29.2 Å². The van der Waals surface area contributed by atoms with Gasteiger partial charge in [0.1, 0.15) is 5.75 Å². The fourth-order valence-electron chi connectivity index (χ4n) is 1.64. The molecule has 0 bridgehead atoms. The van der Waals surface area contributed by atoms with E-state index in [2.05, 4.69) is 5.92 Å². The molecule has 0 unspecified atom stereocenters. The summed E-state index contributed by atoms with van der Waals surface area (Å²) in [6.45, 7) is 0. The maximum absolute atomic E-state index is 5.36. The molecule has 0 heterocycles. The topological polar surface area (TPSA) is 9.23 Å². The molecule has 0 radical (unpaired) electrons. The minimum atomic E-state index is 0.807. The zero-order valence-electron chi connectivity index (χ0n) is 9.10. The fraction of sp³-hybridized carbons (Fsp3) is 0.0667. The van der Waals surface area contributed by atoms with Crippen molar-refractivity contribution in [3.63, 3.8) is 0 Å². The van der Waals surface area contributed by atoms with Gasteiger partial charge >= 0.3 is 0 Å². The first-order chi connectivity index (χ1) is 7.85. The van der Waals surface area contributed by atoms with Crippen molar-refractivity contribution in [3.05, 3.63) is 54.1 Å². The Bertz CT molecular complexity index is 521. The maximum atomic E-state index is 5.36. The Labute approximate surface area is 95.7 Å².